The zero-order valence-electron chi connectivity index (χ0n) is 14.3. The fraction of sp³-hybridized carbons (Fsp3) is 0.455. The van der Waals surface area contributed by atoms with Gasteiger partial charge < -0.3 is 0 Å². The van der Waals surface area contributed by atoms with Crippen molar-refractivity contribution in [3.8, 4) is 0 Å². The number of rotatable bonds is 6. The summed E-state index contributed by atoms with van der Waals surface area (Å²) in [5.41, 5.74) is 2.86. The van der Waals surface area contributed by atoms with Crippen molar-refractivity contribution >= 4 is 0 Å². The van der Waals surface area contributed by atoms with Crippen molar-refractivity contribution in [2.75, 3.05) is 0 Å². The molecule has 3 rings (SSSR count). The van der Waals surface area contributed by atoms with Gasteiger partial charge in [-0.25, -0.2) is 0 Å². The van der Waals surface area contributed by atoms with Gasteiger partial charge >= 0.3 is 0 Å². The Morgan fingerprint density at radius 2 is 1.39 bits per heavy atom. The van der Waals surface area contributed by atoms with Gasteiger partial charge in [0.25, 0.3) is 0 Å². The SMILES string of the molecule is CCC1CCCC(N(Cc2ccccc2)Cc2ccccc2)C1. The van der Waals surface area contributed by atoms with Crippen LogP contribution in [0.2, 0.25) is 0 Å². The van der Waals surface area contributed by atoms with Crippen LogP contribution >= 0.6 is 0 Å². The zero-order valence-corrected chi connectivity index (χ0v) is 14.3. The lowest BCUT2D eigenvalue weighted by atomic mass is 9.83. The van der Waals surface area contributed by atoms with E-state index < -0.39 is 0 Å². The molecule has 1 heteroatoms. The van der Waals surface area contributed by atoms with Crippen molar-refractivity contribution in [2.24, 2.45) is 5.92 Å². The Labute approximate surface area is 141 Å². The third-order valence-corrected chi connectivity index (χ3v) is 5.31. The molecule has 0 aromatic heterocycles. The molecule has 23 heavy (non-hydrogen) atoms. The highest BCUT2D eigenvalue weighted by Crippen LogP contribution is 2.31. The van der Waals surface area contributed by atoms with Gasteiger partial charge in [-0.1, -0.05) is 86.8 Å². The van der Waals surface area contributed by atoms with E-state index in [1.807, 2.05) is 0 Å². The fourth-order valence-corrected chi connectivity index (χ4v) is 3.92. The van der Waals surface area contributed by atoms with Crippen molar-refractivity contribution in [3.05, 3.63) is 71.8 Å². The van der Waals surface area contributed by atoms with Crippen LogP contribution in [0, 0.1) is 5.92 Å². The largest absolute Gasteiger partial charge is 0.292 e. The molecule has 0 radical (unpaired) electrons. The maximum absolute atomic E-state index is 2.71. The first kappa shape index (κ1) is 16.3. The molecular formula is C22H29N. The van der Waals surface area contributed by atoms with Crippen molar-refractivity contribution in [1.29, 1.82) is 0 Å². The van der Waals surface area contributed by atoms with Gasteiger partial charge in [-0.05, 0) is 29.9 Å². The van der Waals surface area contributed by atoms with Gasteiger partial charge in [0.2, 0.25) is 0 Å². The second-order valence-electron chi connectivity index (χ2n) is 6.97. The maximum Gasteiger partial charge on any atom is 0.0240 e. The van der Waals surface area contributed by atoms with Crippen LogP contribution in [0.25, 0.3) is 0 Å². The Kier molecular flexibility index (Phi) is 5.87. The topological polar surface area (TPSA) is 3.24 Å². The summed E-state index contributed by atoms with van der Waals surface area (Å²) in [6.07, 6.45) is 6.88. The molecule has 1 aliphatic rings. The van der Waals surface area contributed by atoms with E-state index in [1.165, 1.54) is 43.2 Å². The van der Waals surface area contributed by atoms with E-state index in [2.05, 4.69) is 72.5 Å². The van der Waals surface area contributed by atoms with Crippen LogP contribution in [0.4, 0.5) is 0 Å². The van der Waals surface area contributed by atoms with Gasteiger partial charge in [-0.15, -0.1) is 0 Å². The van der Waals surface area contributed by atoms with Gasteiger partial charge in [0, 0.05) is 19.1 Å². The van der Waals surface area contributed by atoms with Crippen molar-refractivity contribution < 1.29 is 0 Å². The highest BCUT2D eigenvalue weighted by atomic mass is 15.2. The Balaban J connectivity index is 1.75. The molecule has 0 spiro atoms. The first-order chi connectivity index (χ1) is 11.3. The molecule has 1 saturated carbocycles. The Morgan fingerprint density at radius 3 is 1.91 bits per heavy atom. The van der Waals surface area contributed by atoms with Gasteiger partial charge in [0.1, 0.15) is 0 Å². The molecule has 122 valence electrons. The molecule has 2 aromatic carbocycles. The monoisotopic (exact) mass is 307 g/mol. The molecule has 1 aliphatic carbocycles. The third-order valence-electron chi connectivity index (χ3n) is 5.31. The first-order valence-corrected chi connectivity index (χ1v) is 9.17. The van der Waals surface area contributed by atoms with Crippen LogP contribution in [0.5, 0.6) is 0 Å². The van der Waals surface area contributed by atoms with Crippen molar-refractivity contribution in [2.45, 2.75) is 58.2 Å². The van der Waals surface area contributed by atoms with E-state index in [0.29, 0.717) is 0 Å². The minimum atomic E-state index is 0.731. The predicted molar refractivity (Wildman–Crippen MR) is 98.2 cm³/mol. The standard InChI is InChI=1S/C22H29N/c1-2-19-14-9-15-22(16-19)23(17-20-10-5-3-6-11-20)18-21-12-7-4-8-13-21/h3-8,10-13,19,22H,2,9,14-18H2,1H3. The van der Waals surface area contributed by atoms with Gasteiger partial charge in [-0.3, -0.25) is 4.90 Å². The molecule has 2 atom stereocenters. The minimum Gasteiger partial charge on any atom is -0.292 e. The summed E-state index contributed by atoms with van der Waals surface area (Å²) in [5.74, 6) is 0.919. The highest BCUT2D eigenvalue weighted by molar-refractivity contribution is 5.17. The van der Waals surface area contributed by atoms with Crippen LogP contribution in [0.3, 0.4) is 0 Å². The van der Waals surface area contributed by atoms with E-state index in [4.69, 9.17) is 0 Å². The van der Waals surface area contributed by atoms with Crippen LogP contribution in [-0.4, -0.2) is 10.9 Å². The lowest BCUT2D eigenvalue weighted by molar-refractivity contribution is 0.114. The lowest BCUT2D eigenvalue weighted by Crippen LogP contribution is -2.38. The minimum absolute atomic E-state index is 0.731. The summed E-state index contributed by atoms with van der Waals surface area (Å²) >= 11 is 0. The molecule has 0 bridgehead atoms. The van der Waals surface area contributed by atoms with Gasteiger partial charge in [0.05, 0.1) is 0 Å². The van der Waals surface area contributed by atoms with E-state index in [-0.39, 0.29) is 0 Å². The van der Waals surface area contributed by atoms with E-state index in [1.54, 1.807) is 0 Å². The zero-order chi connectivity index (χ0) is 15.9. The van der Waals surface area contributed by atoms with E-state index >= 15 is 0 Å². The Bertz CT molecular complexity index is 522. The number of nitrogens with zero attached hydrogens (tertiary/aromatic N) is 1. The fourth-order valence-electron chi connectivity index (χ4n) is 3.92. The lowest BCUT2D eigenvalue weighted by Gasteiger charge is -2.37. The summed E-state index contributed by atoms with van der Waals surface area (Å²) in [6.45, 7) is 4.49. The van der Waals surface area contributed by atoms with E-state index in [0.717, 1.165) is 25.0 Å². The summed E-state index contributed by atoms with van der Waals surface area (Å²) in [7, 11) is 0. The highest BCUT2D eigenvalue weighted by Gasteiger charge is 2.26. The maximum atomic E-state index is 2.71. The molecule has 2 aromatic rings. The molecule has 1 nitrogen and oxygen atoms in total. The molecular weight excluding hydrogens is 278 g/mol. The summed E-state index contributed by atoms with van der Waals surface area (Å²) < 4.78 is 0. The Hall–Kier alpha value is -1.60. The summed E-state index contributed by atoms with van der Waals surface area (Å²) in [6, 6.07) is 22.6. The third kappa shape index (κ3) is 4.68. The molecule has 0 saturated heterocycles. The second-order valence-corrected chi connectivity index (χ2v) is 6.97. The normalized spacial score (nSPS) is 21.5. The predicted octanol–water partition coefficient (Wildman–Crippen LogP) is 5.66. The van der Waals surface area contributed by atoms with Crippen LogP contribution in [-0.2, 0) is 13.1 Å². The first-order valence-electron chi connectivity index (χ1n) is 9.17. The smallest absolute Gasteiger partial charge is 0.0240 e. The summed E-state index contributed by atoms with van der Waals surface area (Å²) in [4.78, 5) is 2.71. The van der Waals surface area contributed by atoms with Crippen LogP contribution in [0.15, 0.2) is 60.7 Å². The average Bonchev–Trinajstić information content (AvgIpc) is 2.63. The Morgan fingerprint density at radius 1 is 0.826 bits per heavy atom. The van der Waals surface area contributed by atoms with Crippen molar-refractivity contribution in [3.63, 3.8) is 0 Å². The molecule has 0 amide bonds. The number of benzene rings is 2. The van der Waals surface area contributed by atoms with Crippen molar-refractivity contribution in [1.82, 2.24) is 4.90 Å². The molecule has 0 heterocycles. The van der Waals surface area contributed by atoms with Gasteiger partial charge in [0.15, 0.2) is 0 Å². The van der Waals surface area contributed by atoms with Gasteiger partial charge in [-0.2, -0.15) is 0 Å². The van der Waals surface area contributed by atoms with Crippen LogP contribution < -0.4 is 0 Å². The molecule has 0 aliphatic heterocycles. The number of hydrogen-bond donors (Lipinski definition) is 0. The summed E-state index contributed by atoms with van der Waals surface area (Å²) in [5, 5.41) is 0. The van der Waals surface area contributed by atoms with E-state index in [9.17, 15) is 0 Å². The quantitative estimate of drug-likeness (QED) is 0.666. The van der Waals surface area contributed by atoms with Crippen LogP contribution in [0.1, 0.15) is 50.2 Å². The number of hydrogen-bond acceptors (Lipinski definition) is 1. The molecule has 1 fully saturated rings. The molecule has 2 unspecified atom stereocenters. The average molecular weight is 307 g/mol. The second kappa shape index (κ2) is 8.31. The molecule has 0 N–H and O–H groups in total.